The number of nitrogens with zero attached hydrogens (tertiary/aromatic N) is 1. The van der Waals surface area contributed by atoms with Gasteiger partial charge in [0.1, 0.15) is 0 Å². The predicted octanol–water partition coefficient (Wildman–Crippen LogP) is -0.569. The first kappa shape index (κ1) is 12.2. The first-order chi connectivity index (χ1) is 6.35. The number of rotatable bonds is 2. The van der Waals surface area contributed by atoms with E-state index >= 15 is 0 Å². The molecule has 1 saturated heterocycles. The molecule has 2 unspecified atom stereocenters. The fraction of sp³-hybridized carbons (Fsp3) is 0.875. The van der Waals surface area contributed by atoms with Crippen LogP contribution in [0.15, 0.2) is 0 Å². The van der Waals surface area contributed by atoms with Crippen molar-refractivity contribution in [1.82, 2.24) is 3.88 Å². The molecule has 1 amide bonds. The van der Waals surface area contributed by atoms with Crippen LogP contribution >= 0.6 is 0 Å². The fourth-order valence-corrected chi connectivity index (χ4v) is 2.59. The third-order valence-corrected chi connectivity index (χ3v) is 5.21. The zero-order valence-corrected chi connectivity index (χ0v) is 11.6. The van der Waals surface area contributed by atoms with Gasteiger partial charge in [0.2, 0.25) is 0 Å². The van der Waals surface area contributed by atoms with E-state index in [0.29, 0.717) is 6.42 Å². The highest BCUT2D eigenvalue weighted by Crippen LogP contribution is 2.31. The third kappa shape index (κ3) is 2.37. The number of hydrogen-bond donors (Lipinski definition) is 0. The van der Waals surface area contributed by atoms with E-state index in [1.54, 1.807) is 17.7 Å². The molecule has 1 aliphatic heterocycles. The van der Waals surface area contributed by atoms with Crippen LogP contribution in [0.5, 0.6) is 0 Å². The number of hydrogen-bond acceptors (Lipinski definition) is 3. The lowest BCUT2D eigenvalue weighted by molar-refractivity contribution is -0.130. The molecule has 2 atom stereocenters. The maximum atomic E-state index is 11.4. The lowest BCUT2D eigenvalue weighted by Crippen LogP contribution is -2.46. The Morgan fingerprint density at radius 2 is 2.21 bits per heavy atom. The highest BCUT2D eigenvalue weighted by molar-refractivity contribution is 7.80. The monoisotopic (exact) mass is 232 g/mol. The maximum Gasteiger partial charge on any atom is 0.367 e. The summed E-state index contributed by atoms with van der Waals surface area (Å²) in [6.45, 7) is 4.10. The highest BCUT2D eigenvalue weighted by atomic mass is 32.2. The van der Waals surface area contributed by atoms with Gasteiger partial charge in [0.15, 0.2) is 5.91 Å². The van der Waals surface area contributed by atoms with E-state index in [1.165, 1.54) is 0 Å². The molecule has 0 bridgehead atoms. The summed E-state index contributed by atoms with van der Waals surface area (Å²) in [5, 5.41) is 0. The zero-order valence-electron chi connectivity index (χ0n) is 8.78. The average molecular weight is 232 g/mol. The minimum absolute atomic E-state index is 0.0291. The summed E-state index contributed by atoms with van der Waals surface area (Å²) in [6.07, 6.45) is 1.18. The van der Waals surface area contributed by atoms with Gasteiger partial charge in [-0.15, -0.1) is 0 Å². The molecule has 1 aliphatic rings. The first-order valence-electron chi connectivity index (χ1n) is 4.69. The van der Waals surface area contributed by atoms with Crippen molar-refractivity contribution in [2.45, 2.75) is 31.4 Å². The van der Waals surface area contributed by atoms with E-state index in [1.807, 2.05) is 0 Å². The van der Waals surface area contributed by atoms with Crippen LogP contribution in [0.25, 0.3) is 0 Å². The van der Waals surface area contributed by atoms with Gasteiger partial charge in [-0.3, -0.25) is 9.00 Å². The largest absolute Gasteiger partial charge is 0.772 e. The minimum Gasteiger partial charge on any atom is -0.772 e. The van der Waals surface area contributed by atoms with Crippen molar-refractivity contribution >= 4 is 33.5 Å². The molecular formula is C8H15AlNO3S-. The molecule has 1 rings (SSSR count). The molecule has 80 valence electrons. The van der Waals surface area contributed by atoms with Crippen LogP contribution in [-0.2, 0) is 15.9 Å². The van der Waals surface area contributed by atoms with Crippen molar-refractivity contribution in [1.29, 1.82) is 0 Å². The molecule has 0 spiro atoms. The molecule has 0 saturated carbocycles. The van der Waals surface area contributed by atoms with Crippen LogP contribution in [0.1, 0.15) is 26.7 Å². The summed E-state index contributed by atoms with van der Waals surface area (Å²) in [5.41, 5.74) is 0. The van der Waals surface area contributed by atoms with Crippen molar-refractivity contribution in [3.05, 3.63) is 0 Å². The molecule has 0 aliphatic carbocycles. The molecule has 1 heterocycles. The van der Waals surface area contributed by atoms with Crippen molar-refractivity contribution in [2.24, 2.45) is 5.92 Å². The summed E-state index contributed by atoms with van der Waals surface area (Å²) in [6, 6.07) is 0. The van der Waals surface area contributed by atoms with E-state index in [4.69, 9.17) is 0 Å². The Kier molecular flexibility index (Phi) is 3.76. The molecule has 0 aromatic rings. The van der Waals surface area contributed by atoms with E-state index in [9.17, 15) is 13.6 Å². The van der Waals surface area contributed by atoms with Crippen LogP contribution in [0.3, 0.4) is 0 Å². The third-order valence-electron chi connectivity index (χ3n) is 3.07. The molecule has 1 fully saturated rings. The van der Waals surface area contributed by atoms with Gasteiger partial charge in [0.25, 0.3) is 0 Å². The number of amides is 1. The molecule has 0 N–H and O–H groups in total. The molecular weight excluding hydrogens is 217 g/mol. The van der Waals surface area contributed by atoms with Gasteiger partial charge >= 0.3 is 16.5 Å². The molecule has 14 heavy (non-hydrogen) atoms. The lowest BCUT2D eigenvalue weighted by atomic mass is 9.86. The van der Waals surface area contributed by atoms with Crippen LogP contribution < -0.4 is 0 Å². The van der Waals surface area contributed by atoms with Crippen molar-refractivity contribution < 1.29 is 13.6 Å². The van der Waals surface area contributed by atoms with Gasteiger partial charge in [-0.25, -0.2) is 0 Å². The van der Waals surface area contributed by atoms with Crippen molar-refractivity contribution in [3.8, 4) is 0 Å². The summed E-state index contributed by atoms with van der Waals surface area (Å²) in [4.78, 5) is 11.4. The van der Waals surface area contributed by atoms with Gasteiger partial charge in [-0.1, -0.05) is 0 Å². The second-order valence-electron chi connectivity index (χ2n) is 4.34. The van der Waals surface area contributed by atoms with E-state index < -0.39 is 15.8 Å². The van der Waals surface area contributed by atoms with Crippen LogP contribution in [0.4, 0.5) is 0 Å². The molecule has 0 aromatic carbocycles. The Labute approximate surface area is 95.0 Å². The summed E-state index contributed by atoms with van der Waals surface area (Å²) in [7, 11) is 0. The molecule has 0 radical (unpaired) electrons. The van der Waals surface area contributed by atoms with E-state index in [0.717, 1.165) is 29.5 Å². The van der Waals surface area contributed by atoms with E-state index in [2.05, 4.69) is 0 Å². The number of carbonyl (C=O) groups excluding carboxylic acids is 1. The molecule has 0 aromatic heterocycles. The molecule has 6 heteroatoms. The zero-order chi connectivity index (χ0) is 10.9. The standard InChI is InChI=1S/C8H15NO3S.Al.2H/c1-8(2,13(11)12)6-3-4-9-7(10)5-6;;;/h6H,3-5H2,1-2H3,(H2,9,10,11,12);;;/q;+1;;/p-2. The summed E-state index contributed by atoms with van der Waals surface area (Å²) in [5.74, 6) is 0.0741. The van der Waals surface area contributed by atoms with Gasteiger partial charge in [-0.2, -0.15) is 0 Å². The predicted molar refractivity (Wildman–Crippen MR) is 56.0 cm³/mol. The first-order valence-corrected chi connectivity index (χ1v) is 6.66. The van der Waals surface area contributed by atoms with Gasteiger partial charge in [0.05, 0.1) is 0 Å². The quantitative estimate of drug-likeness (QED) is 0.473. The van der Waals surface area contributed by atoms with Crippen molar-refractivity contribution in [3.63, 3.8) is 0 Å². The fourth-order valence-electron chi connectivity index (χ4n) is 1.67. The van der Waals surface area contributed by atoms with E-state index in [-0.39, 0.29) is 11.8 Å². The van der Waals surface area contributed by atoms with Crippen LogP contribution in [0, 0.1) is 5.92 Å². The second-order valence-corrected chi connectivity index (χ2v) is 6.94. The number of carbonyl (C=O) groups is 1. The Morgan fingerprint density at radius 3 is 2.64 bits per heavy atom. The molecule has 4 nitrogen and oxygen atoms in total. The minimum atomic E-state index is -2.11. The van der Waals surface area contributed by atoms with Crippen LogP contribution in [0.2, 0.25) is 0 Å². The summed E-state index contributed by atoms with van der Waals surface area (Å²) >= 11 is -1.37. The summed E-state index contributed by atoms with van der Waals surface area (Å²) < 4.78 is 23.0. The topological polar surface area (TPSA) is 60.4 Å². The Hall–Kier alpha value is 0.112. The second kappa shape index (κ2) is 4.32. The van der Waals surface area contributed by atoms with Crippen LogP contribution in [-0.4, -0.2) is 46.4 Å². The highest BCUT2D eigenvalue weighted by Gasteiger charge is 2.35. The van der Waals surface area contributed by atoms with Gasteiger partial charge < -0.3 is 8.44 Å². The smallest absolute Gasteiger partial charge is 0.367 e. The Balaban J connectivity index is 2.72. The normalized spacial score (nSPS) is 26.4. The van der Waals surface area contributed by atoms with Crippen molar-refractivity contribution in [2.75, 3.05) is 6.54 Å². The number of piperidine rings is 1. The average Bonchev–Trinajstić information content (AvgIpc) is 2.09. The van der Waals surface area contributed by atoms with Gasteiger partial charge in [-0.05, 0) is 43.8 Å². The Bertz CT molecular complexity index is 269. The lowest BCUT2D eigenvalue weighted by Gasteiger charge is -2.40. The maximum absolute atomic E-state index is 11.4. The SMILES string of the molecule is CC(C)(C1CC[N]([AlH2])C(=O)C1)S(=O)[O-]. The Morgan fingerprint density at radius 1 is 1.64 bits per heavy atom. The van der Waals surface area contributed by atoms with Gasteiger partial charge in [0, 0.05) is 11.2 Å².